The van der Waals surface area contributed by atoms with E-state index in [9.17, 15) is 19.2 Å². The third kappa shape index (κ3) is 9.41. The molecule has 14 aromatic carbocycles. The Morgan fingerprint density at radius 3 is 1.20 bits per heavy atom. The first-order valence-corrected chi connectivity index (χ1v) is 34.9. The van der Waals surface area contributed by atoms with Crippen molar-refractivity contribution in [3.05, 3.63) is 307 Å². The summed E-state index contributed by atoms with van der Waals surface area (Å²) in [6.07, 6.45) is 0. The predicted octanol–water partition coefficient (Wildman–Crippen LogP) is 24.7. The lowest BCUT2D eigenvalue weighted by Crippen LogP contribution is -2.61. The molecule has 0 saturated heterocycles. The molecule has 0 N–H and O–H groups in total. The van der Waals surface area contributed by atoms with Crippen LogP contribution in [0.5, 0.6) is 0 Å². The number of nitrogens with zero attached hydrogens (tertiary/aromatic N) is 4. The topological polar surface area (TPSA) is 42.6 Å². The molecule has 0 spiro atoms. The SMILES string of the molecule is [2H]c1c([2H])c([2H])c2c(c1[2H])c1c([2H])c([2H])c([2H])c([2H])c1n2-c1ccc2c(c1)N(c1cc(-c3cccc(C(C)(C)C)c3)cc3oc4ccccc4c13)c1cc(-n3c4c([2H])c([2H])c([2H])c([2H])c4c4c([2H])c([2H])c([2H])c([2H])c43)cc3c1B2c1ccc(-c2cc(C(C)(C)C)cc(C(C)(C)C)c2)cc1N3c1cc(-c2ccccc2)cc2oc3ccccc3c12. The summed E-state index contributed by atoms with van der Waals surface area (Å²) in [5.41, 5.74) is 15.3. The van der Waals surface area contributed by atoms with Crippen molar-refractivity contribution in [3.8, 4) is 44.8 Å². The van der Waals surface area contributed by atoms with Gasteiger partial charge in [-0.15, -0.1) is 0 Å². The largest absolute Gasteiger partial charge is 0.456 e. The number of benzene rings is 14. The maximum atomic E-state index is 10.2. The molecule has 20 rings (SSSR count). The predicted molar refractivity (Wildman–Crippen MR) is 436 cm³/mol. The molecule has 0 atom stereocenters. The molecule has 0 bridgehead atoms. The fourth-order valence-corrected chi connectivity index (χ4v) is 16.1. The first-order chi connectivity index (χ1) is 56.6. The number of hydrogen-bond donors (Lipinski definition) is 0. The first kappa shape index (κ1) is 46.4. The lowest BCUT2D eigenvalue weighted by Gasteiger charge is -2.45. The summed E-state index contributed by atoms with van der Waals surface area (Å²) in [7, 11) is 0. The Labute approximate surface area is 622 Å². The number of para-hydroxylation sites is 6. The van der Waals surface area contributed by atoms with E-state index in [2.05, 4.69) is 157 Å². The highest BCUT2D eigenvalue weighted by atomic mass is 16.3. The van der Waals surface area contributed by atoms with Crippen LogP contribution >= 0.6 is 0 Å². The van der Waals surface area contributed by atoms with Crippen LogP contribution in [-0.4, -0.2) is 15.8 Å². The Morgan fingerprint density at radius 2 is 0.689 bits per heavy atom. The van der Waals surface area contributed by atoms with Crippen LogP contribution in [0.15, 0.2) is 300 Å². The van der Waals surface area contributed by atoms with Gasteiger partial charge in [0.15, 0.2) is 0 Å². The maximum absolute atomic E-state index is 10.2. The van der Waals surface area contributed by atoms with Crippen LogP contribution in [0.25, 0.3) is 132 Å². The van der Waals surface area contributed by atoms with Crippen LogP contribution in [0.1, 0.15) is 101 Å². The standard InChI is InChI=1S/C96H75BN4O2/c1-94(2,3)64-29-25-28-59(46-64)63-51-84(92-74-35-18-24-41-88(74)103-90(92)53-63)101-82-55-67(98-77-36-19-13-30-69(77)70-31-14-20-37-78(70)98)43-45-76(82)97-75-44-42-60(61-47-65(95(4,5)6)54-66(48-61)96(7,8)9)49-81(75)100(83-50-62(58-26-11-10-12-27-58)52-89-91(83)73-34-17-23-40-87(73)102-89)85-56-68(57-86(101)93(85)97)99-79-38-21-15-32-71(79)72-33-16-22-39-80(72)99/h10-57H,1-9H3/i13D,14D,15D,16D,19D,20D,21D,22D,30D,31D,32D,33D,36D,37D,38D,39D. The summed E-state index contributed by atoms with van der Waals surface area (Å²) in [6, 6.07) is 56.7. The minimum atomic E-state index is -0.807. The van der Waals surface area contributed by atoms with Crippen LogP contribution in [-0.2, 0) is 16.2 Å². The van der Waals surface area contributed by atoms with Gasteiger partial charge >= 0.3 is 0 Å². The molecule has 0 saturated carbocycles. The average molecular weight is 1340 g/mol. The van der Waals surface area contributed by atoms with Crippen molar-refractivity contribution in [1.82, 2.24) is 9.13 Å². The number of fused-ring (bicyclic) bond motifs is 16. The number of furan rings is 2. The molecule has 0 amide bonds. The number of anilines is 6. The molecule has 2 aliphatic rings. The third-order valence-electron chi connectivity index (χ3n) is 21.2. The zero-order valence-corrected chi connectivity index (χ0v) is 58.2. The summed E-state index contributed by atoms with van der Waals surface area (Å²) in [4.78, 5) is 4.39. The minimum Gasteiger partial charge on any atom is -0.456 e. The molecular weight excluding hydrogens is 1250 g/mol. The zero-order valence-electron chi connectivity index (χ0n) is 74.2. The van der Waals surface area contributed by atoms with E-state index < -0.39 is 103 Å². The molecular formula is C96H75BN4O2. The van der Waals surface area contributed by atoms with E-state index in [4.69, 9.17) is 11.6 Å². The number of rotatable bonds is 7. The molecule has 0 radical (unpaired) electrons. The van der Waals surface area contributed by atoms with E-state index in [1.54, 1.807) is 4.57 Å². The van der Waals surface area contributed by atoms with Gasteiger partial charge in [-0.1, -0.05) is 262 Å². The van der Waals surface area contributed by atoms with Gasteiger partial charge in [-0.2, -0.15) is 0 Å². The van der Waals surface area contributed by atoms with Crippen LogP contribution in [0.4, 0.5) is 34.1 Å². The van der Waals surface area contributed by atoms with Crippen LogP contribution in [0.3, 0.4) is 0 Å². The molecule has 6 nitrogen and oxygen atoms in total. The van der Waals surface area contributed by atoms with Crippen molar-refractivity contribution >= 4 is 145 Å². The molecule has 4 aromatic heterocycles. The van der Waals surface area contributed by atoms with Gasteiger partial charge < -0.3 is 27.8 Å². The smallest absolute Gasteiger partial charge is 0.252 e. The van der Waals surface area contributed by atoms with Gasteiger partial charge in [0.1, 0.15) is 22.3 Å². The highest BCUT2D eigenvalue weighted by molar-refractivity contribution is 7.00. The summed E-state index contributed by atoms with van der Waals surface area (Å²) < 4.78 is 171. The number of aromatic nitrogens is 2. The Bertz CT molecular complexity index is 7420. The fraction of sp³-hybridized carbons (Fsp3) is 0.125. The van der Waals surface area contributed by atoms with E-state index in [0.29, 0.717) is 72.8 Å². The van der Waals surface area contributed by atoms with Crippen molar-refractivity contribution in [2.75, 3.05) is 9.80 Å². The van der Waals surface area contributed by atoms with Gasteiger partial charge in [-0.05, 0) is 174 Å². The Hall–Kier alpha value is -12.1. The second kappa shape index (κ2) is 22.2. The molecule has 6 heterocycles. The lowest BCUT2D eigenvalue weighted by atomic mass is 9.33. The second-order valence-electron chi connectivity index (χ2n) is 30.5. The normalized spacial score (nSPS) is 15.4. The Morgan fingerprint density at radius 1 is 0.291 bits per heavy atom. The zero-order chi connectivity index (χ0) is 83.5. The van der Waals surface area contributed by atoms with E-state index in [-0.39, 0.29) is 71.2 Å². The monoisotopic (exact) mass is 1340 g/mol. The lowest BCUT2D eigenvalue weighted by molar-refractivity contribution is 0.569. The molecule has 103 heavy (non-hydrogen) atoms. The quantitative estimate of drug-likeness (QED) is 0.149. The number of hydrogen-bond acceptors (Lipinski definition) is 4. The van der Waals surface area contributed by atoms with Crippen molar-refractivity contribution in [3.63, 3.8) is 0 Å². The van der Waals surface area contributed by atoms with E-state index in [1.807, 2.05) is 109 Å². The van der Waals surface area contributed by atoms with E-state index >= 15 is 0 Å². The van der Waals surface area contributed by atoms with Gasteiger partial charge in [-0.3, -0.25) is 0 Å². The third-order valence-corrected chi connectivity index (χ3v) is 21.2. The van der Waals surface area contributed by atoms with Gasteiger partial charge in [0.25, 0.3) is 6.71 Å². The van der Waals surface area contributed by atoms with Gasteiger partial charge in [0, 0.05) is 60.8 Å². The fourth-order valence-electron chi connectivity index (χ4n) is 16.1. The highest BCUT2D eigenvalue weighted by Gasteiger charge is 2.46. The van der Waals surface area contributed by atoms with Crippen LogP contribution in [0, 0.1) is 0 Å². The van der Waals surface area contributed by atoms with Gasteiger partial charge in [0.2, 0.25) is 0 Å². The van der Waals surface area contributed by atoms with Gasteiger partial charge in [-0.25, -0.2) is 0 Å². The molecule has 0 unspecified atom stereocenters. The first-order valence-electron chi connectivity index (χ1n) is 42.9. The summed E-state index contributed by atoms with van der Waals surface area (Å²) in [5, 5.41) is 2.43. The van der Waals surface area contributed by atoms with Crippen LogP contribution in [0.2, 0.25) is 0 Å². The van der Waals surface area contributed by atoms with Crippen molar-refractivity contribution in [2.45, 2.75) is 78.6 Å². The Kier molecular flexibility index (Phi) is 10.0. The molecule has 2 aliphatic heterocycles. The summed E-state index contributed by atoms with van der Waals surface area (Å²) >= 11 is 0. The highest BCUT2D eigenvalue weighted by Crippen LogP contribution is 2.54. The van der Waals surface area contributed by atoms with E-state index in [0.717, 1.165) is 71.7 Å². The van der Waals surface area contributed by atoms with Gasteiger partial charge in [0.05, 0.1) is 71.8 Å². The average Bonchev–Trinajstić information content (AvgIpc) is 1.67. The van der Waals surface area contributed by atoms with Crippen molar-refractivity contribution in [2.24, 2.45) is 0 Å². The second-order valence-corrected chi connectivity index (χ2v) is 30.5. The molecule has 494 valence electrons. The summed E-state index contributed by atoms with van der Waals surface area (Å²) in [5.74, 6) is 0. The molecule has 0 aliphatic carbocycles. The molecule has 18 aromatic rings. The Balaban J connectivity index is 1.03. The molecule has 7 heteroatoms. The molecule has 0 fully saturated rings. The summed E-state index contributed by atoms with van der Waals surface area (Å²) in [6.45, 7) is 18.9. The maximum Gasteiger partial charge on any atom is 0.252 e. The van der Waals surface area contributed by atoms with Crippen LogP contribution < -0.4 is 26.2 Å². The minimum absolute atomic E-state index is 0.0955. The van der Waals surface area contributed by atoms with Crippen molar-refractivity contribution in [1.29, 1.82) is 0 Å². The van der Waals surface area contributed by atoms with E-state index in [1.165, 1.54) is 4.57 Å². The van der Waals surface area contributed by atoms with Crippen molar-refractivity contribution < 1.29 is 30.8 Å².